The van der Waals surface area contributed by atoms with Crippen LogP contribution in [-0.4, -0.2) is 29.6 Å². The largest absolute Gasteiger partial charge is 0.423 e. The van der Waals surface area contributed by atoms with E-state index in [9.17, 15) is 27.9 Å². The van der Waals surface area contributed by atoms with E-state index in [2.05, 4.69) is 5.32 Å². The average Bonchev–Trinajstić information content (AvgIpc) is 2.62. The van der Waals surface area contributed by atoms with Gasteiger partial charge in [-0.05, 0) is 30.2 Å². The summed E-state index contributed by atoms with van der Waals surface area (Å²) in [6.45, 7) is 0.384. The van der Waals surface area contributed by atoms with Gasteiger partial charge in [0.1, 0.15) is 0 Å². The molecular formula is C18H16ClF3N2O3. The van der Waals surface area contributed by atoms with Crippen LogP contribution in [0.1, 0.15) is 11.1 Å². The topological polar surface area (TPSA) is 78.4 Å². The van der Waals surface area contributed by atoms with E-state index in [1.54, 1.807) is 19.1 Å². The van der Waals surface area contributed by atoms with Crippen LogP contribution in [0.3, 0.4) is 0 Å². The van der Waals surface area contributed by atoms with Crippen molar-refractivity contribution in [2.45, 2.75) is 18.7 Å². The normalized spacial score (nSPS) is 13.6. The quantitative estimate of drug-likeness (QED) is 0.690. The van der Waals surface area contributed by atoms with Gasteiger partial charge in [-0.15, -0.1) is 0 Å². The predicted molar refractivity (Wildman–Crippen MR) is 94.2 cm³/mol. The SMILES string of the molecule is Cc1c(Cl)cccc1NC(=O)C(=O)NC[C@@](O)(c1ccccc1)C(F)(F)F. The van der Waals surface area contributed by atoms with Crippen LogP contribution < -0.4 is 10.6 Å². The summed E-state index contributed by atoms with van der Waals surface area (Å²) in [5, 5.41) is 14.6. The second kappa shape index (κ2) is 7.98. The lowest BCUT2D eigenvalue weighted by Crippen LogP contribution is -2.52. The smallest absolute Gasteiger partial charge is 0.375 e. The van der Waals surface area contributed by atoms with Crippen LogP contribution in [0.4, 0.5) is 18.9 Å². The minimum absolute atomic E-state index is 0.247. The van der Waals surface area contributed by atoms with Gasteiger partial charge in [0, 0.05) is 10.7 Å². The Morgan fingerprint density at radius 3 is 2.26 bits per heavy atom. The fourth-order valence-electron chi connectivity index (χ4n) is 2.29. The number of alkyl halides is 3. The van der Waals surface area contributed by atoms with Crippen LogP contribution in [0.2, 0.25) is 5.02 Å². The number of aliphatic hydroxyl groups is 1. The maximum Gasteiger partial charge on any atom is 0.423 e. The van der Waals surface area contributed by atoms with E-state index < -0.39 is 35.7 Å². The maximum atomic E-state index is 13.4. The first-order valence-electron chi connectivity index (χ1n) is 7.75. The van der Waals surface area contributed by atoms with Gasteiger partial charge in [-0.3, -0.25) is 9.59 Å². The molecule has 2 amide bonds. The lowest BCUT2D eigenvalue weighted by molar-refractivity contribution is -0.264. The number of halogens is 4. The number of amides is 2. The number of nitrogens with one attached hydrogen (secondary N) is 2. The monoisotopic (exact) mass is 400 g/mol. The van der Waals surface area contributed by atoms with E-state index in [1.807, 2.05) is 5.32 Å². The van der Waals surface area contributed by atoms with E-state index in [4.69, 9.17) is 11.6 Å². The molecule has 144 valence electrons. The molecular weight excluding hydrogens is 385 g/mol. The van der Waals surface area contributed by atoms with Gasteiger partial charge in [0.05, 0.1) is 6.54 Å². The molecule has 2 rings (SSSR count). The molecule has 9 heteroatoms. The second-order valence-corrected chi connectivity index (χ2v) is 6.18. The van der Waals surface area contributed by atoms with Gasteiger partial charge in [-0.1, -0.05) is 48.0 Å². The number of hydrogen-bond acceptors (Lipinski definition) is 3. The number of carbonyl (C=O) groups is 2. The highest BCUT2D eigenvalue weighted by Gasteiger charge is 2.55. The molecule has 0 spiro atoms. The van der Waals surface area contributed by atoms with Crippen molar-refractivity contribution < 1.29 is 27.9 Å². The fraction of sp³-hybridized carbons (Fsp3) is 0.222. The summed E-state index contributed by atoms with van der Waals surface area (Å²) >= 11 is 5.91. The Kier molecular flexibility index (Phi) is 6.12. The number of hydrogen-bond donors (Lipinski definition) is 3. The van der Waals surface area contributed by atoms with Crippen molar-refractivity contribution >= 4 is 29.1 Å². The molecule has 3 N–H and O–H groups in total. The maximum absolute atomic E-state index is 13.4. The van der Waals surface area contributed by atoms with Crippen molar-refractivity contribution in [1.29, 1.82) is 0 Å². The van der Waals surface area contributed by atoms with Crippen molar-refractivity contribution in [3.63, 3.8) is 0 Å². The van der Waals surface area contributed by atoms with Crippen LogP contribution in [0, 0.1) is 6.92 Å². The van der Waals surface area contributed by atoms with Crippen LogP contribution >= 0.6 is 11.6 Å². The number of benzene rings is 2. The minimum Gasteiger partial charge on any atom is -0.375 e. The summed E-state index contributed by atoms with van der Waals surface area (Å²) in [6.07, 6.45) is -5.07. The van der Waals surface area contributed by atoms with Gasteiger partial charge >= 0.3 is 18.0 Å². The average molecular weight is 401 g/mol. The molecule has 0 aliphatic rings. The highest BCUT2D eigenvalue weighted by molar-refractivity contribution is 6.40. The molecule has 0 radical (unpaired) electrons. The van der Waals surface area contributed by atoms with Gasteiger partial charge in [-0.2, -0.15) is 13.2 Å². The Hall–Kier alpha value is -2.58. The van der Waals surface area contributed by atoms with Crippen LogP contribution in [0.25, 0.3) is 0 Å². The molecule has 0 saturated heterocycles. The van der Waals surface area contributed by atoms with Crippen molar-refractivity contribution in [2.75, 3.05) is 11.9 Å². The number of rotatable bonds is 4. The summed E-state index contributed by atoms with van der Waals surface area (Å²) in [4.78, 5) is 23.9. The predicted octanol–water partition coefficient (Wildman–Crippen LogP) is 3.15. The summed E-state index contributed by atoms with van der Waals surface area (Å²) < 4.78 is 40.1. The summed E-state index contributed by atoms with van der Waals surface area (Å²) in [6, 6.07) is 10.9. The van der Waals surface area contributed by atoms with Crippen LogP contribution in [0.5, 0.6) is 0 Å². The highest BCUT2D eigenvalue weighted by Crippen LogP contribution is 2.38. The zero-order chi connectivity index (χ0) is 20.2. The third-order valence-electron chi connectivity index (χ3n) is 3.95. The zero-order valence-corrected chi connectivity index (χ0v) is 14.9. The Balaban J connectivity index is 2.12. The second-order valence-electron chi connectivity index (χ2n) is 5.77. The Bertz CT molecular complexity index is 843. The first kappa shape index (κ1) is 20.7. The summed E-state index contributed by atoms with van der Waals surface area (Å²) in [5.74, 6) is -2.51. The van der Waals surface area contributed by atoms with Gasteiger partial charge < -0.3 is 15.7 Å². The molecule has 0 heterocycles. The molecule has 0 bridgehead atoms. The van der Waals surface area contributed by atoms with Crippen LogP contribution in [0.15, 0.2) is 48.5 Å². The van der Waals surface area contributed by atoms with Crippen molar-refractivity contribution in [1.82, 2.24) is 5.32 Å². The van der Waals surface area contributed by atoms with Gasteiger partial charge in [0.25, 0.3) is 0 Å². The molecule has 0 unspecified atom stereocenters. The standard InChI is InChI=1S/C18H16ClF3N2O3/c1-11-13(19)8-5-9-14(11)24-16(26)15(25)23-10-17(27,18(20,21)22)12-6-3-2-4-7-12/h2-9,27H,10H2,1H3,(H,23,25)(H,24,26)/t17-/m1/s1. The van der Waals surface area contributed by atoms with E-state index in [1.165, 1.54) is 24.3 Å². The molecule has 5 nitrogen and oxygen atoms in total. The highest BCUT2D eigenvalue weighted by atomic mass is 35.5. The molecule has 0 saturated carbocycles. The molecule has 1 atom stereocenters. The Labute approximate surface area is 158 Å². The van der Waals surface area contributed by atoms with Gasteiger partial charge in [-0.25, -0.2) is 0 Å². The lowest BCUT2D eigenvalue weighted by atomic mass is 9.93. The Morgan fingerprint density at radius 2 is 1.67 bits per heavy atom. The molecule has 2 aromatic carbocycles. The van der Waals surface area contributed by atoms with Crippen molar-refractivity contribution in [3.8, 4) is 0 Å². The summed E-state index contributed by atoms with van der Waals surface area (Å²) in [5.41, 5.74) is -3.05. The number of anilines is 1. The summed E-state index contributed by atoms with van der Waals surface area (Å²) in [7, 11) is 0. The van der Waals surface area contributed by atoms with E-state index >= 15 is 0 Å². The van der Waals surface area contributed by atoms with Crippen molar-refractivity contribution in [3.05, 3.63) is 64.7 Å². The molecule has 0 aliphatic carbocycles. The molecule has 0 fully saturated rings. The van der Waals surface area contributed by atoms with Crippen molar-refractivity contribution in [2.24, 2.45) is 0 Å². The molecule has 0 aromatic heterocycles. The number of carbonyl (C=O) groups excluding carboxylic acids is 2. The zero-order valence-electron chi connectivity index (χ0n) is 14.1. The molecule has 2 aromatic rings. The first-order valence-corrected chi connectivity index (χ1v) is 8.13. The van der Waals surface area contributed by atoms with E-state index in [0.717, 1.165) is 12.1 Å². The Morgan fingerprint density at radius 1 is 1.04 bits per heavy atom. The van der Waals surface area contributed by atoms with Gasteiger partial charge in [0.15, 0.2) is 0 Å². The third-order valence-corrected chi connectivity index (χ3v) is 4.36. The first-order chi connectivity index (χ1) is 12.6. The third kappa shape index (κ3) is 4.58. The van der Waals surface area contributed by atoms with E-state index in [-0.39, 0.29) is 5.69 Å². The van der Waals surface area contributed by atoms with Gasteiger partial charge in [0.2, 0.25) is 5.60 Å². The fourth-order valence-corrected chi connectivity index (χ4v) is 2.46. The van der Waals surface area contributed by atoms with Crippen LogP contribution in [-0.2, 0) is 15.2 Å². The minimum atomic E-state index is -5.07. The van der Waals surface area contributed by atoms with E-state index in [0.29, 0.717) is 10.6 Å². The lowest BCUT2D eigenvalue weighted by Gasteiger charge is -2.31. The molecule has 27 heavy (non-hydrogen) atoms. The molecule has 0 aliphatic heterocycles.